The Balaban J connectivity index is 2.31. The Morgan fingerprint density at radius 3 is 2.25 bits per heavy atom. The number of carbonyl (C=O) groups excluding carboxylic acids is 4. The number of rotatable bonds is 20. The van der Waals surface area contributed by atoms with Gasteiger partial charge in [0.05, 0.1) is 31.0 Å². The van der Waals surface area contributed by atoms with Gasteiger partial charge in [-0.25, -0.2) is 9.37 Å². The molecule has 2 rings (SSSR count). The predicted octanol–water partition coefficient (Wildman–Crippen LogP) is 1.15. The minimum atomic E-state index is -4.53. The summed E-state index contributed by atoms with van der Waals surface area (Å²) in [6.07, 6.45) is -0.761. The topological polar surface area (TPSA) is 199 Å². The first-order valence-corrected chi connectivity index (χ1v) is 16.8. The second-order valence-electron chi connectivity index (χ2n) is 11.0. The van der Waals surface area contributed by atoms with Crippen molar-refractivity contribution >= 4 is 45.0 Å². The molecule has 1 aromatic carbocycles. The summed E-state index contributed by atoms with van der Waals surface area (Å²) < 4.78 is 53.6. The molecule has 0 saturated heterocycles. The van der Waals surface area contributed by atoms with Gasteiger partial charge in [-0.05, 0) is 38.3 Å². The summed E-state index contributed by atoms with van der Waals surface area (Å²) in [6.45, 7) is 9.64. The fourth-order valence-electron chi connectivity index (χ4n) is 4.03. The van der Waals surface area contributed by atoms with Crippen molar-refractivity contribution in [2.75, 3.05) is 33.2 Å². The van der Waals surface area contributed by atoms with Crippen molar-refractivity contribution in [1.29, 1.82) is 0 Å². The van der Waals surface area contributed by atoms with Gasteiger partial charge in [-0.15, -0.1) is 11.3 Å². The maximum absolute atomic E-state index is 14.0. The van der Waals surface area contributed by atoms with E-state index in [9.17, 15) is 37.1 Å². The quantitative estimate of drug-likeness (QED) is 0.0873. The largest absolute Gasteiger partial charge is 0.499 e. The third-order valence-electron chi connectivity index (χ3n) is 6.78. The van der Waals surface area contributed by atoms with Crippen LogP contribution in [-0.4, -0.2) is 105 Å². The van der Waals surface area contributed by atoms with E-state index in [1.807, 2.05) is 0 Å². The van der Waals surface area contributed by atoms with Crippen molar-refractivity contribution in [2.45, 2.75) is 57.1 Å². The number of benzene rings is 1. The van der Waals surface area contributed by atoms with Gasteiger partial charge in [0.2, 0.25) is 5.91 Å². The lowest BCUT2D eigenvalue weighted by Crippen LogP contribution is -2.59. The van der Waals surface area contributed by atoms with Gasteiger partial charge in [-0.2, -0.15) is 8.42 Å². The Hall–Kier alpha value is -4.03. The van der Waals surface area contributed by atoms with E-state index in [-0.39, 0.29) is 29.2 Å². The second-order valence-corrected chi connectivity index (χ2v) is 13.9. The standard InChI is InChI=1S/C31H41FN4O10S2/c1-18(2)22(32)16-48(42,43)46-17-31(5,41)27(37)23(13-21-11-9-8-10-12-21)34-30(40)26(19(3)45-7)36-28(38)24(15-44-6)35-29(39)25-14-33-20(4)47-25/h8-12,14,22-24,26,41H,1,3,13,15-17H2,2,4-7H3,(H,34,40)(H,35,39)(H,36,38). The summed E-state index contributed by atoms with van der Waals surface area (Å²) >= 11 is 1.11. The maximum atomic E-state index is 14.0. The van der Waals surface area contributed by atoms with E-state index in [0.29, 0.717) is 10.6 Å². The van der Waals surface area contributed by atoms with E-state index in [1.165, 1.54) is 27.3 Å². The molecular formula is C31H41FN4O10S2. The number of carbonyl (C=O) groups is 4. The average molecular weight is 713 g/mol. The number of hydrogen-bond donors (Lipinski definition) is 4. The lowest BCUT2D eigenvalue weighted by Gasteiger charge is -2.29. The van der Waals surface area contributed by atoms with Crippen molar-refractivity contribution in [3.8, 4) is 0 Å². The van der Waals surface area contributed by atoms with E-state index in [4.69, 9.17) is 13.7 Å². The van der Waals surface area contributed by atoms with Crippen LogP contribution in [0.2, 0.25) is 0 Å². The minimum absolute atomic E-state index is 0.0549. The smallest absolute Gasteiger partial charge is 0.270 e. The first-order chi connectivity index (χ1) is 22.4. The lowest BCUT2D eigenvalue weighted by molar-refractivity contribution is -0.143. The normalized spacial score (nSPS) is 15.1. The fourth-order valence-corrected chi connectivity index (χ4v) is 5.86. The zero-order chi connectivity index (χ0) is 36.2. The van der Waals surface area contributed by atoms with Crippen LogP contribution in [0.4, 0.5) is 4.39 Å². The molecule has 264 valence electrons. The summed E-state index contributed by atoms with van der Waals surface area (Å²) in [6, 6.07) is 3.98. The van der Waals surface area contributed by atoms with Crippen LogP contribution in [0, 0.1) is 6.92 Å². The number of aryl methyl sites for hydroxylation is 1. The van der Waals surface area contributed by atoms with Gasteiger partial charge in [-0.1, -0.05) is 43.5 Å². The molecule has 5 atom stereocenters. The molecule has 1 heterocycles. The van der Waals surface area contributed by atoms with E-state index >= 15 is 0 Å². The van der Waals surface area contributed by atoms with Crippen LogP contribution in [0.1, 0.15) is 34.1 Å². The number of alkyl halides is 1. The number of nitrogens with one attached hydrogen (secondary N) is 3. The van der Waals surface area contributed by atoms with Crippen LogP contribution in [0.25, 0.3) is 0 Å². The molecule has 14 nitrogen and oxygen atoms in total. The highest BCUT2D eigenvalue weighted by molar-refractivity contribution is 7.86. The molecule has 48 heavy (non-hydrogen) atoms. The van der Waals surface area contributed by atoms with Gasteiger partial charge in [0.1, 0.15) is 40.8 Å². The molecule has 5 unspecified atom stereocenters. The molecule has 0 spiro atoms. The number of Topliss-reactive ketones (excluding diaryl/α,β-unsaturated/α-hetero) is 1. The summed E-state index contributed by atoms with van der Waals surface area (Å²) in [5.41, 5.74) is -2.00. The number of methoxy groups -OCH3 is 2. The Morgan fingerprint density at radius 2 is 1.71 bits per heavy atom. The highest BCUT2D eigenvalue weighted by Crippen LogP contribution is 2.17. The SMILES string of the molecule is C=C(C)C(F)CS(=O)(=O)OCC(C)(O)C(=O)C(Cc1ccccc1)NC(=O)C(NC(=O)C(COC)NC(=O)c1cnc(C)s1)C(=C)OC. The molecule has 3 amide bonds. The molecule has 0 aliphatic heterocycles. The molecule has 0 bridgehead atoms. The van der Waals surface area contributed by atoms with Gasteiger partial charge < -0.3 is 30.5 Å². The maximum Gasteiger partial charge on any atom is 0.270 e. The Labute approximate surface area is 282 Å². The number of halogens is 1. The van der Waals surface area contributed by atoms with Crippen molar-refractivity contribution in [2.24, 2.45) is 0 Å². The first-order valence-electron chi connectivity index (χ1n) is 14.4. The monoisotopic (exact) mass is 712 g/mol. The Kier molecular flexibility index (Phi) is 15.0. The number of amides is 3. The minimum Gasteiger partial charge on any atom is -0.499 e. The van der Waals surface area contributed by atoms with E-state index < -0.39 is 75.9 Å². The molecule has 1 aromatic heterocycles. The third kappa shape index (κ3) is 12.2. The summed E-state index contributed by atoms with van der Waals surface area (Å²) in [5, 5.41) is 19.1. The fraction of sp³-hybridized carbons (Fsp3) is 0.452. The molecule has 0 aliphatic carbocycles. The number of nitrogens with zero attached hydrogens (tertiary/aromatic N) is 1. The van der Waals surface area contributed by atoms with E-state index in [0.717, 1.165) is 18.3 Å². The number of hydrogen-bond acceptors (Lipinski definition) is 12. The van der Waals surface area contributed by atoms with Gasteiger partial charge in [0, 0.05) is 7.11 Å². The average Bonchev–Trinajstić information content (AvgIpc) is 3.47. The molecule has 0 fully saturated rings. The van der Waals surface area contributed by atoms with Crippen LogP contribution in [0.3, 0.4) is 0 Å². The highest BCUT2D eigenvalue weighted by atomic mass is 32.2. The molecule has 0 aliphatic rings. The number of thiazole rings is 1. The highest BCUT2D eigenvalue weighted by Gasteiger charge is 2.40. The number of ketones is 1. The van der Waals surface area contributed by atoms with Crippen molar-refractivity contribution in [1.82, 2.24) is 20.9 Å². The van der Waals surface area contributed by atoms with Crippen LogP contribution < -0.4 is 16.0 Å². The Morgan fingerprint density at radius 1 is 1.06 bits per heavy atom. The van der Waals surface area contributed by atoms with Gasteiger partial charge in [0.25, 0.3) is 21.9 Å². The van der Waals surface area contributed by atoms with Gasteiger partial charge >= 0.3 is 0 Å². The molecule has 0 radical (unpaired) electrons. The number of allylic oxidation sites excluding steroid dienone is 1. The van der Waals surface area contributed by atoms with Crippen LogP contribution in [0.5, 0.6) is 0 Å². The summed E-state index contributed by atoms with van der Waals surface area (Å²) in [7, 11) is -2.04. The molecular weight excluding hydrogens is 671 g/mol. The number of aliphatic hydroxyl groups is 1. The van der Waals surface area contributed by atoms with Gasteiger partial charge in [0.15, 0.2) is 11.8 Å². The van der Waals surface area contributed by atoms with Crippen LogP contribution in [-0.2, 0) is 44.6 Å². The molecule has 0 saturated carbocycles. The number of ether oxygens (including phenoxy) is 2. The number of aromatic nitrogens is 1. The first kappa shape index (κ1) is 40.1. The summed E-state index contributed by atoms with van der Waals surface area (Å²) in [4.78, 5) is 57.6. The van der Waals surface area contributed by atoms with Crippen molar-refractivity contribution < 1.29 is 50.7 Å². The molecule has 4 N–H and O–H groups in total. The zero-order valence-corrected chi connectivity index (χ0v) is 28.9. The van der Waals surface area contributed by atoms with E-state index in [2.05, 4.69) is 34.1 Å². The Bertz CT molecular complexity index is 1580. The third-order valence-corrected chi connectivity index (χ3v) is 8.87. The second kappa shape index (κ2) is 17.9. The van der Waals surface area contributed by atoms with Gasteiger partial charge in [-0.3, -0.25) is 23.4 Å². The zero-order valence-electron chi connectivity index (χ0n) is 27.3. The molecule has 2 aromatic rings. The predicted molar refractivity (Wildman–Crippen MR) is 175 cm³/mol. The van der Waals surface area contributed by atoms with Crippen LogP contribution >= 0.6 is 11.3 Å². The summed E-state index contributed by atoms with van der Waals surface area (Å²) in [5.74, 6) is -4.83. The van der Waals surface area contributed by atoms with Crippen molar-refractivity contribution in [3.05, 3.63) is 76.5 Å². The van der Waals surface area contributed by atoms with Crippen molar-refractivity contribution in [3.63, 3.8) is 0 Å². The van der Waals surface area contributed by atoms with Crippen LogP contribution in [0.15, 0.2) is 61.0 Å². The van der Waals surface area contributed by atoms with E-state index in [1.54, 1.807) is 37.3 Å². The molecule has 17 heteroatoms. The lowest BCUT2D eigenvalue weighted by atomic mass is 9.91.